The fraction of sp³-hybridized carbons (Fsp3) is 0.273. The molecule has 0 atom stereocenters. The Morgan fingerprint density at radius 1 is 1.38 bits per heavy atom. The Kier molecular flexibility index (Phi) is 3.61. The summed E-state index contributed by atoms with van der Waals surface area (Å²) in [6.45, 7) is 2.05. The largest absolute Gasteiger partial charge is 0.220 e. The van der Waals surface area contributed by atoms with Crippen molar-refractivity contribution in [1.29, 1.82) is 0 Å². The minimum Gasteiger partial charge on any atom is -0.220 e. The van der Waals surface area contributed by atoms with Crippen LogP contribution in [-0.4, -0.2) is 20.9 Å². The van der Waals surface area contributed by atoms with Crippen LogP contribution in [0.2, 0.25) is 0 Å². The molecule has 1 aromatic heterocycles. The Balaban J connectivity index is 2.34. The summed E-state index contributed by atoms with van der Waals surface area (Å²) in [6, 6.07) is 6.12. The smallest absolute Gasteiger partial charge is 0.0843 e. The molecule has 5 heteroatoms. The van der Waals surface area contributed by atoms with Crippen LogP contribution in [0.15, 0.2) is 28.9 Å². The van der Waals surface area contributed by atoms with Crippen LogP contribution in [0.3, 0.4) is 0 Å². The Bertz CT molecular complexity index is 475. The molecule has 0 aliphatic rings. The van der Waals surface area contributed by atoms with E-state index in [2.05, 4.69) is 38.4 Å². The summed E-state index contributed by atoms with van der Waals surface area (Å²) in [5.74, 6) is 0.566. The number of aromatic nitrogens is 3. The molecule has 2 rings (SSSR count). The van der Waals surface area contributed by atoms with Crippen molar-refractivity contribution >= 4 is 27.5 Å². The average molecular weight is 301 g/mol. The lowest BCUT2D eigenvalue weighted by Crippen LogP contribution is -1.95. The maximum absolute atomic E-state index is 5.66. The topological polar surface area (TPSA) is 30.7 Å². The maximum Gasteiger partial charge on any atom is 0.0843 e. The van der Waals surface area contributed by atoms with Gasteiger partial charge in [0.15, 0.2) is 0 Å². The van der Waals surface area contributed by atoms with E-state index in [0.29, 0.717) is 5.88 Å². The molecule has 0 amide bonds. The van der Waals surface area contributed by atoms with Crippen LogP contribution >= 0.6 is 27.5 Å². The van der Waals surface area contributed by atoms with E-state index in [1.165, 1.54) is 5.56 Å². The highest BCUT2D eigenvalue weighted by atomic mass is 79.9. The molecule has 0 saturated carbocycles. The molecule has 0 unspecified atom stereocenters. The Morgan fingerprint density at radius 2 is 2.19 bits per heavy atom. The minimum absolute atomic E-state index is 0.566. The number of hydrogen-bond donors (Lipinski definition) is 0. The van der Waals surface area contributed by atoms with Gasteiger partial charge in [-0.25, -0.2) is 4.68 Å². The van der Waals surface area contributed by atoms with Crippen LogP contribution < -0.4 is 0 Å². The van der Waals surface area contributed by atoms with Gasteiger partial charge in [0.2, 0.25) is 0 Å². The Morgan fingerprint density at radius 3 is 2.88 bits per heavy atom. The van der Waals surface area contributed by atoms with E-state index >= 15 is 0 Å². The van der Waals surface area contributed by atoms with E-state index in [1.807, 2.05) is 19.2 Å². The second-order valence-electron chi connectivity index (χ2n) is 3.58. The molecule has 2 aromatic rings. The van der Waals surface area contributed by atoms with Crippen molar-refractivity contribution < 1.29 is 0 Å². The average Bonchev–Trinajstić information content (AvgIpc) is 2.65. The lowest BCUT2D eigenvalue weighted by molar-refractivity contribution is 0.797. The number of nitrogens with zero attached hydrogens (tertiary/aromatic N) is 3. The third kappa shape index (κ3) is 2.62. The van der Waals surface area contributed by atoms with E-state index in [4.69, 9.17) is 11.6 Å². The predicted octanol–water partition coefficient (Wildman–Crippen LogP) is 3.12. The van der Waals surface area contributed by atoms with Gasteiger partial charge in [0.1, 0.15) is 0 Å². The first-order chi connectivity index (χ1) is 7.69. The van der Waals surface area contributed by atoms with Gasteiger partial charge < -0.3 is 0 Å². The van der Waals surface area contributed by atoms with Crippen molar-refractivity contribution in [2.24, 2.45) is 0 Å². The predicted molar refractivity (Wildman–Crippen MR) is 68.2 cm³/mol. The van der Waals surface area contributed by atoms with E-state index in [0.717, 1.165) is 22.3 Å². The van der Waals surface area contributed by atoms with Crippen molar-refractivity contribution in [1.82, 2.24) is 15.0 Å². The zero-order valence-electron chi connectivity index (χ0n) is 8.82. The van der Waals surface area contributed by atoms with Crippen LogP contribution in [0.25, 0.3) is 5.69 Å². The molecule has 0 spiro atoms. The van der Waals surface area contributed by atoms with E-state index in [9.17, 15) is 0 Å². The first-order valence-electron chi connectivity index (χ1n) is 4.94. The summed E-state index contributed by atoms with van der Waals surface area (Å²) in [6.07, 6.45) is 2.65. The quantitative estimate of drug-likeness (QED) is 0.815. The molecule has 0 fully saturated rings. The molecule has 0 aliphatic heterocycles. The van der Waals surface area contributed by atoms with Crippen molar-refractivity contribution in [2.45, 2.75) is 13.3 Å². The molecular formula is C11H11BrClN3. The summed E-state index contributed by atoms with van der Waals surface area (Å²) < 4.78 is 2.80. The van der Waals surface area contributed by atoms with Crippen LogP contribution in [-0.2, 0) is 6.42 Å². The molecule has 3 nitrogen and oxygen atoms in total. The number of halogens is 2. The van der Waals surface area contributed by atoms with Crippen LogP contribution in [0.4, 0.5) is 0 Å². The van der Waals surface area contributed by atoms with Gasteiger partial charge in [0, 0.05) is 16.8 Å². The number of alkyl halides is 1. The molecule has 1 aromatic carbocycles. The van der Waals surface area contributed by atoms with Crippen molar-refractivity contribution in [2.75, 3.05) is 5.88 Å². The van der Waals surface area contributed by atoms with E-state index < -0.39 is 0 Å². The Labute approximate surface area is 108 Å². The van der Waals surface area contributed by atoms with Gasteiger partial charge in [-0.3, -0.25) is 0 Å². The van der Waals surface area contributed by atoms with Gasteiger partial charge in [-0.05, 0) is 30.7 Å². The third-order valence-electron chi connectivity index (χ3n) is 2.18. The first-order valence-corrected chi connectivity index (χ1v) is 6.26. The van der Waals surface area contributed by atoms with Crippen LogP contribution in [0.5, 0.6) is 0 Å². The molecule has 0 aliphatic carbocycles. The number of hydrogen-bond acceptors (Lipinski definition) is 2. The van der Waals surface area contributed by atoms with Gasteiger partial charge >= 0.3 is 0 Å². The summed E-state index contributed by atoms with van der Waals surface area (Å²) >= 11 is 9.12. The van der Waals surface area contributed by atoms with Gasteiger partial charge in [-0.2, -0.15) is 0 Å². The van der Waals surface area contributed by atoms with Crippen molar-refractivity contribution in [3.8, 4) is 5.69 Å². The third-order valence-corrected chi connectivity index (χ3v) is 2.83. The lowest BCUT2D eigenvalue weighted by Gasteiger charge is -2.02. The molecular weight excluding hydrogens is 289 g/mol. The normalized spacial score (nSPS) is 10.7. The van der Waals surface area contributed by atoms with E-state index in [1.54, 1.807) is 4.68 Å². The number of rotatable bonds is 3. The first kappa shape index (κ1) is 11.6. The van der Waals surface area contributed by atoms with Gasteiger partial charge in [0.25, 0.3) is 0 Å². The standard InChI is InChI=1S/C11H11BrClN3/c1-8-4-9(12)6-11(5-8)16-7-10(2-3-13)14-15-16/h4-7H,2-3H2,1H3. The molecule has 0 bridgehead atoms. The highest BCUT2D eigenvalue weighted by Crippen LogP contribution is 2.18. The summed E-state index contributed by atoms with van der Waals surface area (Å²) in [5, 5.41) is 8.13. The molecule has 16 heavy (non-hydrogen) atoms. The molecule has 0 saturated heterocycles. The van der Waals surface area contributed by atoms with E-state index in [-0.39, 0.29) is 0 Å². The summed E-state index contributed by atoms with van der Waals surface area (Å²) in [7, 11) is 0. The van der Waals surface area contributed by atoms with Crippen LogP contribution in [0.1, 0.15) is 11.3 Å². The van der Waals surface area contributed by atoms with Crippen molar-refractivity contribution in [3.63, 3.8) is 0 Å². The number of aryl methyl sites for hydroxylation is 2. The van der Waals surface area contributed by atoms with Gasteiger partial charge in [-0.15, -0.1) is 16.7 Å². The molecule has 0 radical (unpaired) electrons. The number of benzene rings is 1. The summed E-state index contributed by atoms with van der Waals surface area (Å²) in [5.41, 5.74) is 3.09. The molecule has 0 N–H and O–H groups in total. The van der Waals surface area contributed by atoms with Crippen LogP contribution in [0, 0.1) is 6.92 Å². The van der Waals surface area contributed by atoms with Gasteiger partial charge in [-0.1, -0.05) is 21.1 Å². The highest BCUT2D eigenvalue weighted by Gasteiger charge is 2.03. The highest BCUT2D eigenvalue weighted by molar-refractivity contribution is 9.10. The maximum atomic E-state index is 5.66. The monoisotopic (exact) mass is 299 g/mol. The second-order valence-corrected chi connectivity index (χ2v) is 4.87. The summed E-state index contributed by atoms with van der Waals surface area (Å²) in [4.78, 5) is 0. The zero-order chi connectivity index (χ0) is 11.5. The minimum atomic E-state index is 0.566. The molecule has 84 valence electrons. The zero-order valence-corrected chi connectivity index (χ0v) is 11.2. The van der Waals surface area contributed by atoms with Gasteiger partial charge in [0.05, 0.1) is 17.6 Å². The fourth-order valence-corrected chi connectivity index (χ4v) is 2.27. The Hall–Kier alpha value is -0.870. The fourth-order valence-electron chi connectivity index (χ4n) is 1.49. The SMILES string of the molecule is Cc1cc(Br)cc(-n2cc(CCCl)nn2)c1. The lowest BCUT2D eigenvalue weighted by atomic mass is 10.2. The second kappa shape index (κ2) is 4.97. The molecule has 1 heterocycles. The van der Waals surface area contributed by atoms with Crippen molar-refractivity contribution in [3.05, 3.63) is 40.1 Å².